The van der Waals surface area contributed by atoms with Gasteiger partial charge in [0.05, 0.1) is 0 Å². The molecule has 0 aromatic carbocycles. The van der Waals surface area contributed by atoms with E-state index in [4.69, 9.17) is 0 Å². The maximum absolute atomic E-state index is 2.26. The average Bonchev–Trinajstić information content (AvgIpc) is 2.63. The molecule has 0 radical (unpaired) electrons. The van der Waals surface area contributed by atoms with Crippen LogP contribution < -0.4 is 0 Å². The van der Waals surface area contributed by atoms with Gasteiger partial charge in [-0.3, -0.25) is 0 Å². The fourth-order valence-corrected chi connectivity index (χ4v) is 1.96. The zero-order valence-electron chi connectivity index (χ0n) is 9.36. The third-order valence-electron chi connectivity index (χ3n) is 2.91. The Kier molecular flexibility index (Phi) is 8.36. The van der Waals surface area contributed by atoms with Gasteiger partial charge in [-0.25, -0.2) is 0 Å². The minimum atomic E-state index is 0. The van der Waals surface area contributed by atoms with Crippen molar-refractivity contribution in [3.8, 4) is 0 Å². The van der Waals surface area contributed by atoms with E-state index < -0.39 is 0 Å². The van der Waals surface area contributed by atoms with Gasteiger partial charge in [-0.2, -0.15) is 39.5 Å². The average molecular weight is 232 g/mol. The van der Waals surface area contributed by atoms with E-state index in [1.165, 1.54) is 51.4 Å². The van der Waals surface area contributed by atoms with Crippen molar-refractivity contribution >= 4 is 0 Å². The standard InChI is InChI=1S/2C6H11.Zn/c2*1-6-4-2-3-5-6;/h2*2-5H2,1H3;/q2*-1;+2. The Labute approximate surface area is 96.6 Å². The van der Waals surface area contributed by atoms with E-state index in [0.717, 1.165) is 0 Å². The Morgan fingerprint density at radius 1 is 0.615 bits per heavy atom. The third-order valence-corrected chi connectivity index (χ3v) is 2.91. The van der Waals surface area contributed by atoms with Crippen LogP contribution in [0.2, 0.25) is 0 Å². The Balaban J connectivity index is 0.000000206. The van der Waals surface area contributed by atoms with Crippen LogP contribution >= 0.6 is 0 Å². The molecule has 2 rings (SSSR count). The molecule has 0 bridgehead atoms. The zero-order valence-corrected chi connectivity index (χ0v) is 12.3. The molecule has 2 aliphatic carbocycles. The molecular weight excluding hydrogens is 210 g/mol. The van der Waals surface area contributed by atoms with E-state index in [9.17, 15) is 0 Å². The predicted octanol–water partition coefficient (Wildman–Crippen LogP) is 4.31. The first-order valence-corrected chi connectivity index (χ1v) is 5.41. The molecule has 1 heteroatoms. The van der Waals surface area contributed by atoms with Gasteiger partial charge in [0.1, 0.15) is 0 Å². The molecule has 0 spiro atoms. The monoisotopic (exact) mass is 230 g/mol. The maximum atomic E-state index is 2.26. The molecule has 72 valence electrons. The van der Waals surface area contributed by atoms with Gasteiger partial charge in [0, 0.05) is 0 Å². The fraction of sp³-hybridized carbons (Fsp3) is 0.833. The van der Waals surface area contributed by atoms with Crippen molar-refractivity contribution in [1.29, 1.82) is 0 Å². The second-order valence-electron chi connectivity index (χ2n) is 4.33. The van der Waals surface area contributed by atoms with Gasteiger partial charge in [0.25, 0.3) is 0 Å². The molecule has 2 fully saturated rings. The summed E-state index contributed by atoms with van der Waals surface area (Å²) in [6, 6.07) is 0. The number of rotatable bonds is 0. The summed E-state index contributed by atoms with van der Waals surface area (Å²) in [5.74, 6) is 3.41. The molecular formula is C12H22Zn. The fourth-order valence-electron chi connectivity index (χ4n) is 1.96. The summed E-state index contributed by atoms with van der Waals surface area (Å²) in [5.41, 5.74) is 0. The summed E-state index contributed by atoms with van der Waals surface area (Å²) in [7, 11) is 0. The van der Waals surface area contributed by atoms with Gasteiger partial charge in [0.15, 0.2) is 0 Å². The van der Waals surface area contributed by atoms with Crippen molar-refractivity contribution in [3.05, 3.63) is 11.8 Å². The SMILES string of the molecule is C[C-]1CCCC1.C[C-]1CCCC1.[Zn+2]. The third kappa shape index (κ3) is 6.66. The normalized spacial score (nSPS) is 23.5. The van der Waals surface area contributed by atoms with Crippen molar-refractivity contribution in [2.24, 2.45) is 0 Å². The first kappa shape index (κ1) is 13.6. The van der Waals surface area contributed by atoms with Crippen LogP contribution in [-0.2, 0) is 19.5 Å². The molecule has 0 aromatic heterocycles. The zero-order chi connectivity index (χ0) is 8.81. The van der Waals surface area contributed by atoms with Gasteiger partial charge in [-0.15, -0.1) is 0 Å². The minimum Gasteiger partial charge on any atom is -0.317 e. The molecule has 0 nitrogen and oxygen atoms in total. The Morgan fingerprint density at radius 2 is 0.846 bits per heavy atom. The van der Waals surface area contributed by atoms with Crippen LogP contribution in [0.1, 0.15) is 65.2 Å². The van der Waals surface area contributed by atoms with Gasteiger partial charge in [0.2, 0.25) is 0 Å². The van der Waals surface area contributed by atoms with Crippen molar-refractivity contribution in [3.63, 3.8) is 0 Å². The molecule has 0 aliphatic heterocycles. The van der Waals surface area contributed by atoms with Crippen LogP contribution in [-0.4, -0.2) is 0 Å². The number of hydrogen-bond acceptors (Lipinski definition) is 0. The van der Waals surface area contributed by atoms with Crippen molar-refractivity contribution in [2.75, 3.05) is 0 Å². The van der Waals surface area contributed by atoms with Crippen LogP contribution in [0, 0.1) is 11.8 Å². The predicted molar refractivity (Wildman–Crippen MR) is 54.8 cm³/mol. The molecule has 0 aromatic rings. The quantitative estimate of drug-likeness (QED) is 0.431. The van der Waals surface area contributed by atoms with Gasteiger partial charge < -0.3 is 11.8 Å². The largest absolute Gasteiger partial charge is 2.00 e. The summed E-state index contributed by atoms with van der Waals surface area (Å²) in [6.45, 7) is 4.51. The molecule has 2 aliphatic rings. The van der Waals surface area contributed by atoms with Crippen molar-refractivity contribution < 1.29 is 19.5 Å². The minimum absolute atomic E-state index is 0. The second-order valence-corrected chi connectivity index (χ2v) is 4.33. The second kappa shape index (κ2) is 7.98. The summed E-state index contributed by atoms with van der Waals surface area (Å²) >= 11 is 0. The van der Waals surface area contributed by atoms with E-state index in [0.29, 0.717) is 0 Å². The molecule has 13 heavy (non-hydrogen) atoms. The molecule has 0 amide bonds. The summed E-state index contributed by atoms with van der Waals surface area (Å²) in [4.78, 5) is 0. The van der Waals surface area contributed by atoms with Crippen LogP contribution in [0.25, 0.3) is 0 Å². The summed E-state index contributed by atoms with van der Waals surface area (Å²) in [6.07, 6.45) is 11.4. The van der Waals surface area contributed by atoms with E-state index in [1.54, 1.807) is 11.8 Å². The van der Waals surface area contributed by atoms with Crippen LogP contribution in [0.15, 0.2) is 0 Å². The summed E-state index contributed by atoms with van der Waals surface area (Å²) < 4.78 is 0. The van der Waals surface area contributed by atoms with Gasteiger partial charge in [-0.05, 0) is 0 Å². The molecule has 0 saturated heterocycles. The Morgan fingerprint density at radius 3 is 0.923 bits per heavy atom. The van der Waals surface area contributed by atoms with E-state index in [-0.39, 0.29) is 19.5 Å². The van der Waals surface area contributed by atoms with Crippen molar-refractivity contribution in [1.82, 2.24) is 0 Å². The van der Waals surface area contributed by atoms with Crippen LogP contribution in [0.4, 0.5) is 0 Å². The van der Waals surface area contributed by atoms with Crippen LogP contribution in [0.5, 0.6) is 0 Å². The van der Waals surface area contributed by atoms with E-state index in [1.807, 2.05) is 0 Å². The van der Waals surface area contributed by atoms with E-state index in [2.05, 4.69) is 13.8 Å². The first-order valence-electron chi connectivity index (χ1n) is 5.41. The Hall–Kier alpha value is 0.623. The maximum Gasteiger partial charge on any atom is 2.00 e. The number of hydrogen-bond donors (Lipinski definition) is 0. The summed E-state index contributed by atoms with van der Waals surface area (Å²) in [5, 5.41) is 0. The molecule has 0 heterocycles. The molecule has 2 saturated carbocycles. The molecule has 0 atom stereocenters. The Bertz CT molecular complexity index is 85.7. The van der Waals surface area contributed by atoms with Gasteiger partial charge in [-0.1, -0.05) is 25.7 Å². The molecule has 0 N–H and O–H groups in total. The molecule has 0 unspecified atom stereocenters. The topological polar surface area (TPSA) is 0 Å². The van der Waals surface area contributed by atoms with Crippen molar-refractivity contribution in [2.45, 2.75) is 65.2 Å². The van der Waals surface area contributed by atoms with Crippen LogP contribution in [0.3, 0.4) is 0 Å². The van der Waals surface area contributed by atoms with Gasteiger partial charge >= 0.3 is 19.5 Å². The first-order chi connectivity index (χ1) is 5.79. The van der Waals surface area contributed by atoms with E-state index >= 15 is 0 Å². The smallest absolute Gasteiger partial charge is 0.317 e.